The number of aliphatic carboxylic acids is 1. The minimum absolute atomic E-state index is 0.145. The molecule has 132 valence electrons. The number of nitrogens with zero attached hydrogens (tertiary/aromatic N) is 4. The Kier molecular flexibility index (Phi) is 7.31. The number of non-ortho nitro benzene ring substituents is 1. The Morgan fingerprint density at radius 3 is 2.33 bits per heavy atom. The summed E-state index contributed by atoms with van der Waals surface area (Å²) in [6.45, 7) is 11.6. The van der Waals surface area contributed by atoms with Crippen molar-refractivity contribution in [2.24, 2.45) is 0 Å². The number of imidazole rings is 1. The number of hydrogen-bond donors (Lipinski definition) is 1. The van der Waals surface area contributed by atoms with Crippen LogP contribution in [-0.2, 0) is 4.79 Å². The molecule has 0 spiro atoms. The van der Waals surface area contributed by atoms with E-state index in [9.17, 15) is 14.9 Å². The first kappa shape index (κ1) is 19.6. The third-order valence-corrected chi connectivity index (χ3v) is 3.89. The molecule has 0 saturated carbocycles. The lowest BCUT2D eigenvalue weighted by atomic mass is 10.2. The zero-order valence-corrected chi connectivity index (χ0v) is 14.5. The smallest absolute Gasteiger partial charge is 0.326 e. The van der Waals surface area contributed by atoms with Crippen LogP contribution in [0.3, 0.4) is 0 Å². The molecule has 24 heavy (non-hydrogen) atoms. The molecule has 0 amide bonds. The average molecular weight is 336 g/mol. The van der Waals surface area contributed by atoms with Gasteiger partial charge in [0.2, 0.25) is 0 Å². The number of nitro benzene ring substituents is 1. The summed E-state index contributed by atoms with van der Waals surface area (Å²) < 4.78 is 1.29. The lowest BCUT2D eigenvalue weighted by Gasteiger charge is -2.13. The van der Waals surface area contributed by atoms with E-state index >= 15 is 0 Å². The molecule has 1 N–H and O–H groups in total. The predicted octanol–water partition coefficient (Wildman–Crippen LogP) is 2.94. The third-order valence-electron chi connectivity index (χ3n) is 3.89. The molecule has 0 radical (unpaired) electrons. The number of carboxylic acids is 1. The summed E-state index contributed by atoms with van der Waals surface area (Å²) in [4.78, 5) is 27.6. The van der Waals surface area contributed by atoms with Gasteiger partial charge in [0.15, 0.2) is 0 Å². The standard InChI is InChI=1S/C10H9N3O4.C6H15N/c1-6(10(14)15)12-5-11-7-3-2-4-8(9(7)12)13(16)17;1-4-7(5-2)6-3/h2-6H,1H3,(H,14,15);4-6H2,1-3H3. The molecule has 2 aromatic rings. The number of carboxylic acid groups (broad SMARTS) is 1. The van der Waals surface area contributed by atoms with Gasteiger partial charge in [0.1, 0.15) is 11.6 Å². The van der Waals surface area contributed by atoms with Gasteiger partial charge in [-0.05, 0) is 32.6 Å². The van der Waals surface area contributed by atoms with Gasteiger partial charge >= 0.3 is 5.97 Å². The van der Waals surface area contributed by atoms with Gasteiger partial charge in [0.05, 0.1) is 16.8 Å². The Balaban J connectivity index is 0.000000351. The second kappa shape index (κ2) is 8.97. The third kappa shape index (κ3) is 4.51. The molecule has 1 aromatic heterocycles. The van der Waals surface area contributed by atoms with E-state index in [1.54, 1.807) is 6.07 Å². The largest absolute Gasteiger partial charge is 0.480 e. The van der Waals surface area contributed by atoms with Crippen LogP contribution in [0.5, 0.6) is 0 Å². The van der Waals surface area contributed by atoms with Crippen LogP contribution in [0.25, 0.3) is 11.0 Å². The monoisotopic (exact) mass is 336 g/mol. The van der Waals surface area contributed by atoms with Crippen LogP contribution < -0.4 is 0 Å². The topological polar surface area (TPSA) is 101 Å². The quantitative estimate of drug-likeness (QED) is 0.643. The van der Waals surface area contributed by atoms with Gasteiger partial charge in [-0.1, -0.05) is 26.8 Å². The van der Waals surface area contributed by atoms with Gasteiger partial charge in [-0.3, -0.25) is 10.1 Å². The van der Waals surface area contributed by atoms with Gasteiger partial charge in [0, 0.05) is 6.07 Å². The SMILES string of the molecule is CC(C(=O)O)n1cnc2cccc([N+](=O)[O-])c21.CCN(CC)CC. The zero-order chi connectivity index (χ0) is 18.3. The molecule has 0 fully saturated rings. The van der Waals surface area contributed by atoms with Crippen LogP contribution in [0.2, 0.25) is 0 Å². The van der Waals surface area contributed by atoms with Gasteiger partial charge in [-0.25, -0.2) is 9.78 Å². The maximum atomic E-state index is 10.9. The molecule has 1 aromatic carbocycles. The molecule has 2 rings (SSSR count). The normalized spacial score (nSPS) is 11.9. The van der Waals surface area contributed by atoms with Gasteiger partial charge in [0.25, 0.3) is 5.69 Å². The average Bonchev–Trinajstić information content (AvgIpc) is 3.00. The number of para-hydroxylation sites is 1. The Hall–Kier alpha value is -2.48. The minimum Gasteiger partial charge on any atom is -0.480 e. The number of aromatic nitrogens is 2. The highest BCUT2D eigenvalue weighted by atomic mass is 16.6. The van der Waals surface area contributed by atoms with E-state index in [0.717, 1.165) is 0 Å². The molecular weight excluding hydrogens is 312 g/mol. The number of benzene rings is 1. The summed E-state index contributed by atoms with van der Waals surface area (Å²) in [5.41, 5.74) is 0.493. The molecular formula is C16H24N4O4. The van der Waals surface area contributed by atoms with E-state index < -0.39 is 16.9 Å². The predicted molar refractivity (Wildman–Crippen MR) is 92.2 cm³/mol. The van der Waals surface area contributed by atoms with Crippen LogP contribution in [0, 0.1) is 10.1 Å². The van der Waals surface area contributed by atoms with Crippen molar-refractivity contribution in [3.8, 4) is 0 Å². The van der Waals surface area contributed by atoms with E-state index in [2.05, 4.69) is 30.7 Å². The molecule has 8 heteroatoms. The van der Waals surface area contributed by atoms with Crippen molar-refractivity contribution in [3.63, 3.8) is 0 Å². The van der Waals surface area contributed by atoms with Crippen molar-refractivity contribution < 1.29 is 14.8 Å². The zero-order valence-electron chi connectivity index (χ0n) is 14.5. The van der Waals surface area contributed by atoms with Crippen molar-refractivity contribution in [1.82, 2.24) is 14.5 Å². The van der Waals surface area contributed by atoms with Crippen molar-refractivity contribution >= 4 is 22.7 Å². The fraction of sp³-hybridized carbons (Fsp3) is 0.500. The molecule has 0 aliphatic carbocycles. The van der Waals surface area contributed by atoms with Gasteiger partial charge in [-0.2, -0.15) is 0 Å². The molecule has 0 saturated heterocycles. The highest BCUT2D eigenvalue weighted by Gasteiger charge is 2.22. The van der Waals surface area contributed by atoms with Crippen LogP contribution >= 0.6 is 0 Å². The fourth-order valence-corrected chi connectivity index (χ4v) is 2.30. The maximum absolute atomic E-state index is 10.9. The van der Waals surface area contributed by atoms with Crippen LogP contribution in [-0.4, -0.2) is 50.1 Å². The summed E-state index contributed by atoms with van der Waals surface area (Å²) in [6, 6.07) is 3.55. The Bertz CT molecular complexity index is 689. The van der Waals surface area contributed by atoms with E-state index in [0.29, 0.717) is 5.52 Å². The first-order valence-electron chi connectivity index (χ1n) is 7.92. The molecule has 1 atom stereocenters. The van der Waals surface area contributed by atoms with E-state index in [1.165, 1.54) is 49.6 Å². The van der Waals surface area contributed by atoms with Crippen LogP contribution in [0.1, 0.15) is 33.7 Å². The number of carbonyl (C=O) groups is 1. The number of rotatable bonds is 6. The van der Waals surface area contributed by atoms with E-state index in [-0.39, 0.29) is 11.2 Å². The number of hydrogen-bond acceptors (Lipinski definition) is 5. The minimum atomic E-state index is -1.07. The van der Waals surface area contributed by atoms with Crippen molar-refractivity contribution in [1.29, 1.82) is 0 Å². The molecule has 8 nitrogen and oxygen atoms in total. The van der Waals surface area contributed by atoms with Crippen molar-refractivity contribution in [2.75, 3.05) is 19.6 Å². The lowest BCUT2D eigenvalue weighted by molar-refractivity contribution is -0.383. The summed E-state index contributed by atoms with van der Waals surface area (Å²) in [5.74, 6) is -1.07. The Labute approximate surface area is 140 Å². The summed E-state index contributed by atoms with van der Waals surface area (Å²) >= 11 is 0. The van der Waals surface area contributed by atoms with Gasteiger partial charge in [-0.15, -0.1) is 0 Å². The maximum Gasteiger partial charge on any atom is 0.326 e. The molecule has 1 heterocycles. The Morgan fingerprint density at radius 1 is 1.33 bits per heavy atom. The Morgan fingerprint density at radius 2 is 1.92 bits per heavy atom. The molecule has 0 aliphatic heterocycles. The summed E-state index contributed by atoms with van der Waals surface area (Å²) in [5, 5.41) is 19.8. The van der Waals surface area contributed by atoms with E-state index in [1.807, 2.05) is 0 Å². The first-order chi connectivity index (χ1) is 11.4. The second-order valence-electron chi connectivity index (χ2n) is 5.19. The highest BCUT2D eigenvalue weighted by molar-refractivity contribution is 5.86. The van der Waals surface area contributed by atoms with E-state index in [4.69, 9.17) is 5.11 Å². The summed E-state index contributed by atoms with van der Waals surface area (Å²) in [7, 11) is 0. The highest BCUT2D eigenvalue weighted by Crippen LogP contribution is 2.27. The fourth-order valence-electron chi connectivity index (χ4n) is 2.30. The van der Waals surface area contributed by atoms with Crippen LogP contribution in [0.15, 0.2) is 24.5 Å². The molecule has 1 unspecified atom stereocenters. The van der Waals surface area contributed by atoms with Crippen LogP contribution in [0.4, 0.5) is 5.69 Å². The number of fused-ring (bicyclic) bond motifs is 1. The van der Waals surface area contributed by atoms with Gasteiger partial charge < -0.3 is 14.6 Å². The number of nitro groups is 1. The lowest BCUT2D eigenvalue weighted by Crippen LogP contribution is -2.21. The van der Waals surface area contributed by atoms with Crippen molar-refractivity contribution in [2.45, 2.75) is 33.7 Å². The molecule has 0 bridgehead atoms. The first-order valence-corrected chi connectivity index (χ1v) is 7.92. The molecule has 0 aliphatic rings. The van der Waals surface area contributed by atoms with Crippen molar-refractivity contribution in [3.05, 3.63) is 34.6 Å². The summed E-state index contributed by atoms with van der Waals surface area (Å²) in [6.07, 6.45) is 1.30. The second-order valence-corrected chi connectivity index (χ2v) is 5.19.